The maximum atomic E-state index is 14.1. The van der Waals surface area contributed by atoms with E-state index >= 15 is 0 Å². The first kappa shape index (κ1) is 24.0. The Labute approximate surface area is 211 Å². The second kappa shape index (κ2) is 8.17. The summed E-state index contributed by atoms with van der Waals surface area (Å²) in [5.74, 6) is -5.83. The molecule has 36 heavy (non-hydrogen) atoms. The SMILES string of the molecule is O=C1CS(=O)(=O)[C@@]2(C(=O)N(Cc3ccc(Br)cc3)c3ccc([N+](=O)[O-])cc32)N1c1ccc(F)c(F)c1. The number of halogens is 3. The van der Waals surface area contributed by atoms with Gasteiger partial charge in [0, 0.05) is 33.9 Å². The van der Waals surface area contributed by atoms with Gasteiger partial charge in [-0.2, -0.15) is 0 Å². The van der Waals surface area contributed by atoms with Crippen LogP contribution in [0.4, 0.5) is 25.8 Å². The number of fused-ring (bicyclic) bond motifs is 2. The van der Waals surface area contributed by atoms with E-state index < -0.39 is 54.5 Å². The van der Waals surface area contributed by atoms with Crippen LogP contribution in [0, 0.1) is 21.7 Å². The summed E-state index contributed by atoms with van der Waals surface area (Å²) in [5, 5.41) is 11.5. The van der Waals surface area contributed by atoms with Crippen LogP contribution in [0.15, 0.2) is 65.1 Å². The lowest BCUT2D eigenvalue weighted by molar-refractivity contribution is -0.384. The predicted octanol–water partition coefficient (Wildman–Crippen LogP) is 3.80. The number of hydrogen-bond acceptors (Lipinski definition) is 6. The Balaban J connectivity index is 1.79. The van der Waals surface area contributed by atoms with Gasteiger partial charge in [0.25, 0.3) is 16.5 Å². The highest BCUT2D eigenvalue weighted by atomic mass is 79.9. The third kappa shape index (κ3) is 3.33. The number of nitrogens with zero attached hydrogens (tertiary/aromatic N) is 3. The van der Waals surface area contributed by atoms with E-state index in [9.17, 15) is 36.9 Å². The monoisotopic (exact) mass is 577 g/mol. The average molecular weight is 578 g/mol. The molecule has 0 aliphatic carbocycles. The van der Waals surface area contributed by atoms with Gasteiger partial charge < -0.3 is 4.90 Å². The van der Waals surface area contributed by atoms with Crippen molar-refractivity contribution >= 4 is 54.6 Å². The van der Waals surface area contributed by atoms with Crippen LogP contribution in [0.3, 0.4) is 0 Å². The molecule has 13 heteroatoms. The largest absolute Gasteiger partial charge is 0.304 e. The second-order valence-corrected chi connectivity index (χ2v) is 11.2. The van der Waals surface area contributed by atoms with Gasteiger partial charge in [0.05, 0.1) is 17.2 Å². The van der Waals surface area contributed by atoms with E-state index in [2.05, 4.69) is 15.9 Å². The third-order valence-electron chi connectivity index (χ3n) is 6.13. The maximum absolute atomic E-state index is 14.1. The highest BCUT2D eigenvalue weighted by Crippen LogP contribution is 2.53. The molecule has 184 valence electrons. The number of benzene rings is 3. The fourth-order valence-electron chi connectivity index (χ4n) is 4.59. The van der Waals surface area contributed by atoms with Gasteiger partial charge in [-0.15, -0.1) is 0 Å². The van der Waals surface area contributed by atoms with Crippen LogP contribution >= 0.6 is 15.9 Å². The van der Waals surface area contributed by atoms with Crippen molar-refractivity contribution in [3.8, 4) is 0 Å². The number of amides is 2. The van der Waals surface area contributed by atoms with Crippen LogP contribution < -0.4 is 9.80 Å². The zero-order chi connectivity index (χ0) is 26.0. The van der Waals surface area contributed by atoms with Crippen molar-refractivity contribution in [1.29, 1.82) is 0 Å². The number of non-ortho nitro benzene ring substituents is 1. The van der Waals surface area contributed by atoms with Crippen molar-refractivity contribution in [3.05, 3.63) is 98.0 Å². The Morgan fingerprint density at radius 1 is 1.00 bits per heavy atom. The molecule has 2 aliphatic rings. The molecule has 1 atom stereocenters. The number of rotatable bonds is 4. The van der Waals surface area contributed by atoms with Crippen molar-refractivity contribution in [3.63, 3.8) is 0 Å². The van der Waals surface area contributed by atoms with E-state index in [-0.39, 0.29) is 23.5 Å². The van der Waals surface area contributed by atoms with Crippen molar-refractivity contribution in [2.75, 3.05) is 15.6 Å². The van der Waals surface area contributed by atoms with Gasteiger partial charge in [0.1, 0.15) is 5.75 Å². The van der Waals surface area contributed by atoms with Gasteiger partial charge in [-0.3, -0.25) is 24.6 Å². The zero-order valence-electron chi connectivity index (χ0n) is 18.0. The number of sulfone groups is 1. The molecule has 3 aromatic carbocycles. The maximum Gasteiger partial charge on any atom is 0.274 e. The number of nitro groups is 1. The highest BCUT2D eigenvalue weighted by molar-refractivity contribution is 9.10. The number of carbonyl (C=O) groups is 2. The number of anilines is 2. The first-order chi connectivity index (χ1) is 17.0. The normalized spacial score (nSPS) is 20.3. The summed E-state index contributed by atoms with van der Waals surface area (Å²) in [6.07, 6.45) is 0. The second-order valence-electron chi connectivity index (χ2n) is 8.21. The van der Waals surface area contributed by atoms with Gasteiger partial charge >= 0.3 is 0 Å². The molecule has 3 aromatic rings. The molecule has 0 radical (unpaired) electrons. The third-order valence-corrected chi connectivity index (χ3v) is 8.76. The molecule has 2 amide bonds. The standard InChI is InChI=1S/C23H14BrF2N3O6S/c24-14-3-1-13(2-4-14)11-27-20-8-6-16(29(32)33)9-17(20)23(22(27)31)28(21(30)12-36(23,34)35)15-5-7-18(25)19(26)10-15/h1-10H,11-12H2/t23-/m0/s1. The Morgan fingerprint density at radius 2 is 1.69 bits per heavy atom. The van der Waals surface area contributed by atoms with Crippen molar-refractivity contribution in [1.82, 2.24) is 0 Å². The van der Waals surface area contributed by atoms with E-state index in [0.717, 1.165) is 27.6 Å². The summed E-state index contributed by atoms with van der Waals surface area (Å²) in [5.41, 5.74) is -0.551. The lowest BCUT2D eigenvalue weighted by Crippen LogP contribution is -2.54. The van der Waals surface area contributed by atoms with Crippen LogP contribution in [-0.4, -0.2) is 30.9 Å². The lowest BCUT2D eigenvalue weighted by Gasteiger charge is -2.32. The Bertz CT molecular complexity index is 1580. The molecule has 0 bridgehead atoms. The molecular weight excluding hydrogens is 564 g/mol. The Kier molecular flexibility index (Phi) is 5.45. The van der Waals surface area contributed by atoms with E-state index in [0.29, 0.717) is 22.6 Å². The molecule has 9 nitrogen and oxygen atoms in total. The Morgan fingerprint density at radius 3 is 2.33 bits per heavy atom. The quantitative estimate of drug-likeness (QED) is 0.344. The summed E-state index contributed by atoms with van der Waals surface area (Å²) in [7, 11) is -4.65. The Hall–Kier alpha value is -3.71. The average Bonchev–Trinajstić information content (AvgIpc) is 3.19. The summed E-state index contributed by atoms with van der Waals surface area (Å²) in [4.78, 5) is 36.8. The van der Waals surface area contributed by atoms with E-state index in [1.807, 2.05) is 0 Å². The molecule has 2 aliphatic heterocycles. The van der Waals surface area contributed by atoms with Crippen LogP contribution in [0.2, 0.25) is 0 Å². The number of carbonyl (C=O) groups excluding carboxylic acids is 2. The fourth-order valence-corrected chi connectivity index (χ4v) is 6.88. The molecule has 1 saturated heterocycles. The van der Waals surface area contributed by atoms with Crippen LogP contribution in [0.1, 0.15) is 11.1 Å². The molecule has 1 spiro atoms. The van der Waals surface area contributed by atoms with Crippen LogP contribution in [-0.2, 0) is 30.8 Å². The molecule has 5 rings (SSSR count). The van der Waals surface area contributed by atoms with Crippen molar-refractivity contribution < 1.29 is 31.7 Å². The van der Waals surface area contributed by atoms with Gasteiger partial charge in [0.2, 0.25) is 5.91 Å². The highest BCUT2D eigenvalue weighted by Gasteiger charge is 2.70. The van der Waals surface area contributed by atoms with Crippen molar-refractivity contribution in [2.24, 2.45) is 0 Å². The van der Waals surface area contributed by atoms with Gasteiger partial charge in [-0.05, 0) is 35.9 Å². The molecule has 2 heterocycles. The zero-order valence-corrected chi connectivity index (χ0v) is 20.4. The van der Waals surface area contributed by atoms with Gasteiger partial charge in [-0.25, -0.2) is 17.2 Å². The molecule has 0 unspecified atom stereocenters. The van der Waals surface area contributed by atoms with Crippen LogP contribution in [0.5, 0.6) is 0 Å². The minimum atomic E-state index is -4.65. The minimum absolute atomic E-state index is 0.0411. The van der Waals surface area contributed by atoms with Crippen LogP contribution in [0.25, 0.3) is 0 Å². The minimum Gasteiger partial charge on any atom is -0.304 e. The van der Waals surface area contributed by atoms with E-state index in [1.165, 1.54) is 6.07 Å². The molecule has 0 aromatic heterocycles. The summed E-state index contributed by atoms with van der Waals surface area (Å²) in [6, 6.07) is 12.4. The van der Waals surface area contributed by atoms with Gasteiger partial charge in [0.15, 0.2) is 21.5 Å². The molecule has 1 fully saturated rings. The summed E-state index contributed by atoms with van der Waals surface area (Å²) >= 11 is 3.31. The van der Waals surface area contributed by atoms with Gasteiger partial charge in [-0.1, -0.05) is 28.1 Å². The number of hydrogen-bond donors (Lipinski definition) is 0. The predicted molar refractivity (Wildman–Crippen MR) is 128 cm³/mol. The van der Waals surface area contributed by atoms with E-state index in [1.54, 1.807) is 24.3 Å². The topological polar surface area (TPSA) is 118 Å². The summed E-state index contributed by atoms with van der Waals surface area (Å²) < 4.78 is 55.7. The van der Waals surface area contributed by atoms with E-state index in [4.69, 9.17) is 0 Å². The molecule has 0 saturated carbocycles. The molecular formula is C23H14BrF2N3O6S. The first-order valence-electron chi connectivity index (χ1n) is 10.3. The summed E-state index contributed by atoms with van der Waals surface area (Å²) in [6.45, 7) is -0.117. The molecule has 0 N–H and O–H groups in total. The fraction of sp³-hybridized carbons (Fsp3) is 0.130. The smallest absolute Gasteiger partial charge is 0.274 e. The first-order valence-corrected chi connectivity index (χ1v) is 12.8. The lowest BCUT2D eigenvalue weighted by atomic mass is 10.0. The number of nitro benzene ring substituents is 1. The van der Waals surface area contributed by atoms with Crippen molar-refractivity contribution in [2.45, 2.75) is 11.4 Å².